The van der Waals surface area contributed by atoms with Crippen LogP contribution in [0.5, 0.6) is 5.75 Å². The van der Waals surface area contributed by atoms with Crippen molar-refractivity contribution < 1.29 is 18.3 Å². The Bertz CT molecular complexity index is 1330. The largest absolute Gasteiger partial charge is 0.487 e. The lowest BCUT2D eigenvalue weighted by atomic mass is 10.0. The van der Waals surface area contributed by atoms with Gasteiger partial charge in [-0.1, -0.05) is 6.07 Å². The summed E-state index contributed by atoms with van der Waals surface area (Å²) < 4.78 is 34.7. The number of hydrogen-bond acceptors (Lipinski definition) is 5. The van der Waals surface area contributed by atoms with Gasteiger partial charge in [-0.25, -0.2) is 8.78 Å². The first-order chi connectivity index (χ1) is 16.5. The minimum absolute atomic E-state index is 0.0509. The molecule has 1 fully saturated rings. The zero-order valence-electron chi connectivity index (χ0n) is 18.5. The molecule has 0 unspecified atom stereocenters. The zero-order chi connectivity index (χ0) is 23.7. The van der Waals surface area contributed by atoms with Gasteiger partial charge in [-0.15, -0.1) is 0 Å². The lowest BCUT2D eigenvalue weighted by molar-refractivity contribution is 0.102. The molecule has 0 saturated carbocycles. The molecule has 3 heterocycles. The van der Waals surface area contributed by atoms with Crippen molar-refractivity contribution in [2.75, 3.05) is 23.3 Å². The van der Waals surface area contributed by atoms with Gasteiger partial charge in [0, 0.05) is 56.8 Å². The molecule has 1 N–H and O–H groups in total. The summed E-state index contributed by atoms with van der Waals surface area (Å²) in [5.41, 5.74) is 2.58. The van der Waals surface area contributed by atoms with Gasteiger partial charge in [0.2, 0.25) is 0 Å². The molecule has 1 amide bonds. The summed E-state index contributed by atoms with van der Waals surface area (Å²) >= 11 is 0. The Hall–Kier alpha value is -4.01. The third kappa shape index (κ3) is 4.41. The Morgan fingerprint density at radius 2 is 1.94 bits per heavy atom. The van der Waals surface area contributed by atoms with Crippen molar-refractivity contribution >= 4 is 28.2 Å². The molecule has 7 nitrogen and oxygen atoms in total. The maximum atomic E-state index is 14.0. The highest BCUT2D eigenvalue weighted by atomic mass is 19.1. The summed E-state index contributed by atoms with van der Waals surface area (Å²) in [6.45, 7) is 1.24. The number of aromatic nitrogens is 3. The molecule has 2 aromatic heterocycles. The van der Waals surface area contributed by atoms with Crippen LogP contribution in [0.15, 0.2) is 60.9 Å². The summed E-state index contributed by atoms with van der Waals surface area (Å²) in [6.07, 6.45) is 4.56. The number of piperidine rings is 1. The predicted octanol–water partition coefficient (Wildman–Crippen LogP) is 4.55. The Balaban J connectivity index is 1.38. The maximum Gasteiger partial charge on any atom is 0.274 e. The number of amides is 1. The van der Waals surface area contributed by atoms with Crippen molar-refractivity contribution in [2.24, 2.45) is 7.05 Å². The Kier molecular flexibility index (Phi) is 5.83. The van der Waals surface area contributed by atoms with E-state index in [2.05, 4.69) is 20.3 Å². The number of benzene rings is 2. The Labute approximate surface area is 195 Å². The maximum absolute atomic E-state index is 14.0. The number of hydrogen-bond donors (Lipinski definition) is 1. The van der Waals surface area contributed by atoms with Crippen LogP contribution in [-0.2, 0) is 7.05 Å². The van der Waals surface area contributed by atoms with Crippen LogP contribution in [-0.4, -0.2) is 39.9 Å². The lowest BCUT2D eigenvalue weighted by Crippen LogP contribution is -2.39. The molecule has 1 aliphatic rings. The fourth-order valence-electron chi connectivity index (χ4n) is 4.24. The highest BCUT2D eigenvalue weighted by Gasteiger charge is 2.26. The van der Waals surface area contributed by atoms with Crippen LogP contribution >= 0.6 is 0 Å². The summed E-state index contributed by atoms with van der Waals surface area (Å²) in [5, 5.41) is 8.57. The van der Waals surface area contributed by atoms with E-state index in [1.54, 1.807) is 29.1 Å². The van der Waals surface area contributed by atoms with E-state index in [0.29, 0.717) is 37.3 Å². The number of rotatable bonds is 5. The van der Waals surface area contributed by atoms with Gasteiger partial charge >= 0.3 is 0 Å². The molecule has 1 aliphatic heterocycles. The Morgan fingerprint density at radius 3 is 2.68 bits per heavy atom. The quantitative estimate of drug-likeness (QED) is 0.470. The second-order valence-electron chi connectivity index (χ2n) is 8.25. The summed E-state index contributed by atoms with van der Waals surface area (Å²) in [5.74, 6) is -1.60. The number of halogens is 2. The van der Waals surface area contributed by atoms with Crippen LogP contribution in [0.1, 0.15) is 23.3 Å². The van der Waals surface area contributed by atoms with Gasteiger partial charge in [-0.05, 0) is 36.4 Å². The number of nitrogens with zero attached hydrogens (tertiary/aromatic N) is 4. The number of anilines is 2. The van der Waals surface area contributed by atoms with Crippen LogP contribution in [0.4, 0.5) is 20.2 Å². The van der Waals surface area contributed by atoms with Crippen molar-refractivity contribution in [1.29, 1.82) is 0 Å². The van der Waals surface area contributed by atoms with Gasteiger partial charge in [0.1, 0.15) is 23.1 Å². The van der Waals surface area contributed by atoms with Gasteiger partial charge in [0.25, 0.3) is 5.91 Å². The first-order valence-electron chi connectivity index (χ1n) is 11.0. The molecule has 174 valence electrons. The van der Waals surface area contributed by atoms with Gasteiger partial charge in [-0.3, -0.25) is 14.5 Å². The van der Waals surface area contributed by atoms with E-state index in [1.165, 1.54) is 12.1 Å². The van der Waals surface area contributed by atoms with Gasteiger partial charge < -0.3 is 15.0 Å². The minimum Gasteiger partial charge on any atom is -0.487 e. The molecular weight excluding hydrogens is 440 g/mol. The summed E-state index contributed by atoms with van der Waals surface area (Å²) in [6, 6.07) is 12.3. The SMILES string of the molecule is Cn1cc2ccc(NC(=O)c3ccccn3)c(N3CCC(Oc4ccc(F)cc4F)CC3)c2n1. The molecule has 5 rings (SSSR count). The van der Waals surface area contributed by atoms with Crippen LogP contribution in [0.25, 0.3) is 10.9 Å². The molecule has 34 heavy (non-hydrogen) atoms. The molecule has 0 bridgehead atoms. The normalized spacial score (nSPS) is 14.4. The number of fused-ring (bicyclic) bond motifs is 1. The number of carbonyl (C=O) groups is 1. The van der Waals surface area contributed by atoms with Crippen LogP contribution in [0.2, 0.25) is 0 Å². The minimum atomic E-state index is -0.708. The van der Waals surface area contributed by atoms with Crippen molar-refractivity contribution in [3.8, 4) is 5.75 Å². The van der Waals surface area contributed by atoms with Crippen molar-refractivity contribution in [2.45, 2.75) is 18.9 Å². The molecule has 4 aromatic rings. The van der Waals surface area contributed by atoms with Gasteiger partial charge in [0.15, 0.2) is 11.6 Å². The van der Waals surface area contributed by atoms with E-state index in [4.69, 9.17) is 4.74 Å². The second-order valence-corrected chi connectivity index (χ2v) is 8.25. The van der Waals surface area contributed by atoms with E-state index in [1.807, 2.05) is 25.4 Å². The van der Waals surface area contributed by atoms with E-state index in [9.17, 15) is 13.6 Å². The van der Waals surface area contributed by atoms with Crippen molar-refractivity contribution in [3.05, 3.63) is 78.3 Å². The number of carbonyl (C=O) groups excluding carboxylic acids is 1. The molecule has 2 aromatic carbocycles. The highest BCUT2D eigenvalue weighted by molar-refractivity contribution is 6.08. The van der Waals surface area contributed by atoms with Gasteiger partial charge in [-0.2, -0.15) is 5.10 Å². The zero-order valence-corrected chi connectivity index (χ0v) is 18.5. The average molecular weight is 463 g/mol. The number of pyridine rings is 1. The smallest absolute Gasteiger partial charge is 0.274 e. The predicted molar refractivity (Wildman–Crippen MR) is 125 cm³/mol. The average Bonchev–Trinajstić information content (AvgIpc) is 3.22. The number of aryl methyl sites for hydroxylation is 1. The highest BCUT2D eigenvalue weighted by Crippen LogP contribution is 2.36. The standard InChI is InChI=1S/C25H23F2N5O2/c1-31-15-16-5-7-20(29-25(33)21-4-2-3-11-28-21)24(23(16)30-31)32-12-9-18(10-13-32)34-22-8-6-17(26)14-19(22)27/h2-8,11,14-15,18H,9-10,12-13H2,1H3,(H,29,33). The topological polar surface area (TPSA) is 72.3 Å². The first kappa shape index (κ1) is 21.8. The summed E-state index contributed by atoms with van der Waals surface area (Å²) in [4.78, 5) is 19.1. The molecule has 9 heteroatoms. The fourth-order valence-corrected chi connectivity index (χ4v) is 4.24. The van der Waals surface area contributed by atoms with Gasteiger partial charge in [0.05, 0.1) is 11.4 Å². The molecule has 0 aliphatic carbocycles. The molecular formula is C25H23F2N5O2. The monoisotopic (exact) mass is 463 g/mol. The third-order valence-electron chi connectivity index (χ3n) is 5.86. The van der Waals surface area contributed by atoms with Crippen LogP contribution in [0, 0.1) is 11.6 Å². The molecule has 0 radical (unpaired) electrons. The van der Waals surface area contributed by atoms with Crippen molar-refractivity contribution in [3.63, 3.8) is 0 Å². The molecule has 0 atom stereocenters. The van der Waals surface area contributed by atoms with Crippen LogP contribution < -0.4 is 15.0 Å². The van der Waals surface area contributed by atoms with E-state index < -0.39 is 11.6 Å². The van der Waals surface area contributed by atoms with E-state index in [-0.39, 0.29) is 17.8 Å². The number of ether oxygens (including phenoxy) is 1. The lowest BCUT2D eigenvalue weighted by Gasteiger charge is -2.35. The van der Waals surface area contributed by atoms with E-state index >= 15 is 0 Å². The number of nitrogens with one attached hydrogen (secondary N) is 1. The van der Waals surface area contributed by atoms with E-state index in [0.717, 1.165) is 22.7 Å². The Morgan fingerprint density at radius 1 is 1.12 bits per heavy atom. The third-order valence-corrected chi connectivity index (χ3v) is 5.86. The first-order valence-corrected chi connectivity index (χ1v) is 11.0. The fraction of sp³-hybridized carbons (Fsp3) is 0.240. The van der Waals surface area contributed by atoms with Crippen molar-refractivity contribution in [1.82, 2.24) is 14.8 Å². The molecule has 1 saturated heterocycles. The van der Waals surface area contributed by atoms with Crippen LogP contribution in [0.3, 0.4) is 0 Å². The molecule has 0 spiro atoms. The second kappa shape index (κ2) is 9.09. The summed E-state index contributed by atoms with van der Waals surface area (Å²) in [7, 11) is 1.85.